The highest BCUT2D eigenvalue weighted by Gasteiger charge is 2.08. The third-order valence-electron chi connectivity index (χ3n) is 6.59. The molecule has 0 radical (unpaired) electrons. The first-order valence-electron chi connectivity index (χ1n) is 14.8. The highest BCUT2D eigenvalue weighted by molar-refractivity contribution is 5.22. The lowest BCUT2D eigenvalue weighted by atomic mass is 10.1. The largest absolute Gasteiger partial charge is 0.390 e. The predicted molar refractivity (Wildman–Crippen MR) is 159 cm³/mol. The molecule has 8 nitrogen and oxygen atoms in total. The van der Waals surface area contributed by atoms with Crippen LogP contribution < -0.4 is 32.3 Å². The van der Waals surface area contributed by atoms with Gasteiger partial charge in [0.2, 0.25) is 0 Å². The lowest BCUT2D eigenvalue weighted by Crippen LogP contribution is -2.36. The lowest BCUT2D eigenvalue weighted by Gasteiger charge is -2.24. The maximum Gasteiger partial charge on any atom is 0.0424 e. The summed E-state index contributed by atoms with van der Waals surface area (Å²) < 4.78 is 0. The number of rotatable bonds is 15. The average molecular weight is 517 g/mol. The molecule has 1 saturated heterocycles. The van der Waals surface area contributed by atoms with Gasteiger partial charge in [0.25, 0.3) is 0 Å². The van der Waals surface area contributed by atoms with Crippen molar-refractivity contribution in [1.29, 1.82) is 0 Å². The van der Waals surface area contributed by atoms with Gasteiger partial charge in [0.15, 0.2) is 0 Å². The van der Waals surface area contributed by atoms with Crippen LogP contribution >= 0.6 is 0 Å². The maximum atomic E-state index is 5.79. The second kappa shape index (κ2) is 22.3. The molecule has 0 unspecified atom stereocenters. The summed E-state index contributed by atoms with van der Waals surface area (Å²) in [7, 11) is 0. The van der Waals surface area contributed by atoms with Crippen molar-refractivity contribution >= 4 is 0 Å². The van der Waals surface area contributed by atoms with Crippen LogP contribution in [0.5, 0.6) is 0 Å². The third-order valence-corrected chi connectivity index (χ3v) is 6.59. The van der Waals surface area contributed by atoms with Crippen LogP contribution in [0, 0.1) is 0 Å². The highest BCUT2D eigenvalue weighted by Crippen LogP contribution is 2.11. The van der Waals surface area contributed by atoms with E-state index >= 15 is 0 Å². The van der Waals surface area contributed by atoms with Crippen LogP contribution in [0.1, 0.15) is 50.2 Å². The minimum Gasteiger partial charge on any atom is -0.390 e. The van der Waals surface area contributed by atoms with Crippen LogP contribution in [0.4, 0.5) is 0 Å². The van der Waals surface area contributed by atoms with Crippen LogP contribution in [0.25, 0.3) is 0 Å². The first-order chi connectivity index (χ1) is 18.3. The van der Waals surface area contributed by atoms with Crippen LogP contribution in [-0.4, -0.2) is 94.9 Å². The Morgan fingerprint density at radius 2 is 1.59 bits per heavy atom. The van der Waals surface area contributed by atoms with Gasteiger partial charge in [0, 0.05) is 64.8 Å². The molecule has 1 aliphatic rings. The first-order valence-corrected chi connectivity index (χ1v) is 14.8. The zero-order chi connectivity index (χ0) is 26.2. The zero-order valence-electron chi connectivity index (χ0n) is 23.6. The van der Waals surface area contributed by atoms with Crippen molar-refractivity contribution in [3.8, 4) is 0 Å². The molecule has 212 valence electrons. The summed E-state index contributed by atoms with van der Waals surface area (Å²) in [6, 6.07) is 9.21. The normalized spacial score (nSPS) is 17.0. The fourth-order valence-corrected chi connectivity index (χ4v) is 4.43. The Kier molecular flexibility index (Phi) is 19.0. The summed E-state index contributed by atoms with van der Waals surface area (Å²) in [5.74, 6) is 0. The summed E-state index contributed by atoms with van der Waals surface area (Å²) >= 11 is 0. The Morgan fingerprint density at radius 3 is 2.35 bits per heavy atom. The summed E-state index contributed by atoms with van der Waals surface area (Å²) in [5.41, 5.74) is 8.53. The van der Waals surface area contributed by atoms with Gasteiger partial charge in [-0.2, -0.15) is 0 Å². The Labute approximate surface area is 227 Å². The van der Waals surface area contributed by atoms with Gasteiger partial charge in [-0.05, 0) is 89.0 Å². The quantitative estimate of drug-likeness (QED) is 0.196. The van der Waals surface area contributed by atoms with Crippen molar-refractivity contribution in [3.63, 3.8) is 0 Å². The first kappa shape index (κ1) is 31.5. The summed E-state index contributed by atoms with van der Waals surface area (Å²) in [6.45, 7) is 17.6. The number of hydrogen-bond donors (Lipinski definition) is 6. The van der Waals surface area contributed by atoms with Crippen molar-refractivity contribution in [2.24, 2.45) is 5.73 Å². The molecule has 1 aromatic rings. The van der Waals surface area contributed by atoms with E-state index in [2.05, 4.69) is 80.0 Å². The molecule has 37 heavy (non-hydrogen) atoms. The molecular weight excluding hydrogens is 460 g/mol. The summed E-state index contributed by atoms with van der Waals surface area (Å²) in [6.07, 6.45) is 9.96. The van der Waals surface area contributed by atoms with Gasteiger partial charge in [-0.3, -0.25) is 4.90 Å². The van der Waals surface area contributed by atoms with E-state index in [1.165, 1.54) is 30.4 Å². The predicted octanol–water partition coefficient (Wildman–Crippen LogP) is 1.65. The summed E-state index contributed by atoms with van der Waals surface area (Å²) in [5, 5.41) is 17.6. The minimum atomic E-state index is 0.719. The van der Waals surface area contributed by atoms with Crippen molar-refractivity contribution in [3.05, 3.63) is 47.8 Å². The Hall–Kier alpha value is -1.68. The van der Waals surface area contributed by atoms with Gasteiger partial charge in [-0.15, -0.1) is 0 Å². The van der Waals surface area contributed by atoms with Gasteiger partial charge in [0.05, 0.1) is 0 Å². The number of nitrogens with two attached hydrogens (primary N) is 1. The van der Waals surface area contributed by atoms with E-state index in [0.29, 0.717) is 0 Å². The molecule has 8 heteroatoms. The topological polar surface area (TPSA) is 92.6 Å². The molecular formula is C29H56N8. The Balaban J connectivity index is 1.80. The number of nitrogens with zero attached hydrogens (tertiary/aromatic N) is 2. The summed E-state index contributed by atoms with van der Waals surface area (Å²) in [4.78, 5) is 4.95. The highest BCUT2D eigenvalue weighted by atomic mass is 15.1. The van der Waals surface area contributed by atoms with E-state index in [0.717, 1.165) is 111 Å². The minimum absolute atomic E-state index is 0.719. The van der Waals surface area contributed by atoms with E-state index in [-0.39, 0.29) is 0 Å². The molecule has 1 fully saturated rings. The maximum absolute atomic E-state index is 5.79. The molecule has 0 saturated carbocycles. The van der Waals surface area contributed by atoms with Gasteiger partial charge < -0.3 is 37.2 Å². The lowest BCUT2D eigenvalue weighted by molar-refractivity contribution is 0.260. The molecule has 2 rings (SSSR count). The van der Waals surface area contributed by atoms with Crippen molar-refractivity contribution in [2.75, 3.05) is 85.1 Å². The fraction of sp³-hybridized carbons (Fsp3) is 0.724. The molecule has 1 aromatic carbocycles. The van der Waals surface area contributed by atoms with Crippen LogP contribution in [0.15, 0.2) is 36.7 Å². The molecule has 1 heterocycles. The molecule has 0 aromatic heterocycles. The van der Waals surface area contributed by atoms with Gasteiger partial charge >= 0.3 is 0 Å². The smallest absolute Gasteiger partial charge is 0.0424 e. The van der Waals surface area contributed by atoms with Crippen LogP contribution in [-0.2, 0) is 13.1 Å². The van der Waals surface area contributed by atoms with Crippen LogP contribution in [0.2, 0.25) is 0 Å². The van der Waals surface area contributed by atoms with E-state index in [1.54, 1.807) is 0 Å². The molecule has 0 atom stereocenters. The molecule has 1 aliphatic heterocycles. The second-order valence-electron chi connectivity index (χ2n) is 10.0. The van der Waals surface area contributed by atoms with Crippen molar-refractivity contribution in [2.45, 2.75) is 52.1 Å². The SMILES string of the molecule is CCCNCCCN/C=C/N(CCCN)Cc1ccc(CN2CCCNCCNCCCNCC2)cc1. The zero-order valence-corrected chi connectivity index (χ0v) is 23.6. The Morgan fingerprint density at radius 1 is 0.865 bits per heavy atom. The second-order valence-corrected chi connectivity index (χ2v) is 10.0. The molecule has 0 bridgehead atoms. The van der Waals surface area contributed by atoms with Gasteiger partial charge in [-0.1, -0.05) is 31.2 Å². The third kappa shape index (κ3) is 16.7. The molecule has 7 N–H and O–H groups in total. The van der Waals surface area contributed by atoms with E-state index in [1.807, 2.05) is 0 Å². The van der Waals surface area contributed by atoms with Crippen LogP contribution in [0.3, 0.4) is 0 Å². The molecule has 0 aliphatic carbocycles. The number of benzene rings is 1. The molecule has 0 spiro atoms. The van der Waals surface area contributed by atoms with Crippen molar-refractivity contribution in [1.82, 2.24) is 36.4 Å². The Bertz CT molecular complexity index is 652. The fourth-order valence-electron chi connectivity index (χ4n) is 4.43. The monoisotopic (exact) mass is 516 g/mol. The van der Waals surface area contributed by atoms with E-state index in [4.69, 9.17) is 5.73 Å². The molecule has 0 amide bonds. The van der Waals surface area contributed by atoms with E-state index in [9.17, 15) is 0 Å². The van der Waals surface area contributed by atoms with Gasteiger partial charge in [-0.25, -0.2) is 0 Å². The number of nitrogens with one attached hydrogen (secondary N) is 5. The average Bonchev–Trinajstić information content (AvgIpc) is 2.91. The van der Waals surface area contributed by atoms with Crippen molar-refractivity contribution < 1.29 is 0 Å². The standard InChI is InChI=1S/C29H56N8/c1-2-12-31-13-4-15-34-20-24-36(22-3-11-30)26-28-7-9-29(10-8-28)27-37-23-6-17-33-19-18-32-14-5-16-35-21-25-37/h7-10,20,24,31-35H,2-6,11-19,21-23,25-27,30H2,1H3/b24-20+. The van der Waals surface area contributed by atoms with Gasteiger partial charge in [0.1, 0.15) is 0 Å². The van der Waals surface area contributed by atoms with E-state index < -0.39 is 0 Å². The number of hydrogen-bond acceptors (Lipinski definition) is 8.